The summed E-state index contributed by atoms with van der Waals surface area (Å²) in [6.07, 6.45) is 1.74. The van der Waals surface area contributed by atoms with Crippen LogP contribution in [0.15, 0.2) is 24.3 Å². The summed E-state index contributed by atoms with van der Waals surface area (Å²) < 4.78 is 17.7. The SMILES string of the molecule is N#Cc1c(Cl)nsc1N1CCC(Nc2ccccc2F)CC1. The number of hydrogen-bond donors (Lipinski definition) is 1. The number of halogens is 2. The maximum atomic E-state index is 13.7. The molecule has 22 heavy (non-hydrogen) atoms. The number of nitriles is 1. The molecule has 0 atom stereocenters. The molecule has 3 rings (SSSR count). The van der Waals surface area contributed by atoms with Crippen LogP contribution in [-0.2, 0) is 0 Å². The molecule has 7 heteroatoms. The Labute approximate surface area is 137 Å². The van der Waals surface area contributed by atoms with E-state index < -0.39 is 0 Å². The minimum atomic E-state index is -0.231. The van der Waals surface area contributed by atoms with Crippen molar-refractivity contribution in [3.05, 3.63) is 40.8 Å². The number of nitrogens with one attached hydrogen (secondary N) is 1. The molecule has 1 aliphatic rings. The Morgan fingerprint density at radius 1 is 1.36 bits per heavy atom. The van der Waals surface area contributed by atoms with Gasteiger partial charge in [-0.3, -0.25) is 0 Å². The normalized spacial score (nSPS) is 15.6. The van der Waals surface area contributed by atoms with Crippen molar-refractivity contribution >= 4 is 33.8 Å². The monoisotopic (exact) mass is 336 g/mol. The Morgan fingerprint density at radius 2 is 2.09 bits per heavy atom. The maximum absolute atomic E-state index is 13.7. The summed E-state index contributed by atoms with van der Waals surface area (Å²) in [6, 6.07) is 9.03. The molecule has 0 saturated carbocycles. The summed E-state index contributed by atoms with van der Waals surface area (Å²) in [5.41, 5.74) is 0.992. The average Bonchev–Trinajstić information content (AvgIpc) is 2.91. The molecule has 1 aliphatic heterocycles. The van der Waals surface area contributed by atoms with E-state index >= 15 is 0 Å². The largest absolute Gasteiger partial charge is 0.380 e. The molecule has 0 unspecified atom stereocenters. The molecule has 2 aromatic rings. The Kier molecular flexibility index (Phi) is 4.46. The first-order chi connectivity index (χ1) is 10.7. The van der Waals surface area contributed by atoms with Gasteiger partial charge in [0.1, 0.15) is 22.5 Å². The van der Waals surface area contributed by atoms with Gasteiger partial charge >= 0.3 is 0 Å². The highest BCUT2D eigenvalue weighted by atomic mass is 35.5. The lowest BCUT2D eigenvalue weighted by Gasteiger charge is -2.33. The number of benzene rings is 1. The van der Waals surface area contributed by atoms with Crippen LogP contribution < -0.4 is 10.2 Å². The minimum Gasteiger partial charge on any atom is -0.380 e. The van der Waals surface area contributed by atoms with Crippen LogP contribution in [0.3, 0.4) is 0 Å². The number of hydrogen-bond acceptors (Lipinski definition) is 5. The van der Waals surface area contributed by atoms with E-state index in [1.165, 1.54) is 17.6 Å². The first-order valence-electron chi connectivity index (χ1n) is 7.00. The third kappa shape index (κ3) is 3.01. The molecule has 1 aromatic heterocycles. The summed E-state index contributed by atoms with van der Waals surface area (Å²) in [4.78, 5) is 2.13. The average molecular weight is 337 g/mol. The van der Waals surface area contributed by atoms with Crippen LogP contribution in [0.25, 0.3) is 0 Å². The highest BCUT2D eigenvalue weighted by Gasteiger charge is 2.24. The number of para-hydroxylation sites is 1. The van der Waals surface area contributed by atoms with Gasteiger partial charge in [0.05, 0.1) is 5.69 Å². The lowest BCUT2D eigenvalue weighted by Crippen LogP contribution is -2.39. The fourth-order valence-corrected chi connectivity index (χ4v) is 3.68. The van der Waals surface area contributed by atoms with Gasteiger partial charge in [0.2, 0.25) is 0 Å². The van der Waals surface area contributed by atoms with Crippen LogP contribution in [0.4, 0.5) is 15.1 Å². The Hall–Kier alpha value is -1.84. The summed E-state index contributed by atoms with van der Waals surface area (Å²) in [7, 11) is 0. The van der Waals surface area contributed by atoms with Gasteiger partial charge in [-0.1, -0.05) is 23.7 Å². The van der Waals surface area contributed by atoms with Crippen molar-refractivity contribution in [3.8, 4) is 6.07 Å². The first-order valence-corrected chi connectivity index (χ1v) is 8.15. The highest BCUT2D eigenvalue weighted by molar-refractivity contribution is 7.10. The molecule has 1 saturated heterocycles. The van der Waals surface area contributed by atoms with Crippen molar-refractivity contribution in [2.45, 2.75) is 18.9 Å². The van der Waals surface area contributed by atoms with E-state index in [2.05, 4.69) is 20.7 Å². The number of piperidine rings is 1. The smallest absolute Gasteiger partial charge is 0.162 e. The van der Waals surface area contributed by atoms with Gasteiger partial charge in [-0.25, -0.2) is 4.39 Å². The first kappa shape index (κ1) is 15.1. The van der Waals surface area contributed by atoms with E-state index in [9.17, 15) is 4.39 Å². The summed E-state index contributed by atoms with van der Waals surface area (Å²) in [5.74, 6) is -0.231. The number of rotatable bonds is 3. The van der Waals surface area contributed by atoms with Crippen molar-refractivity contribution in [3.63, 3.8) is 0 Å². The second-order valence-corrected chi connectivity index (χ2v) is 6.26. The predicted molar refractivity (Wildman–Crippen MR) is 87.1 cm³/mol. The molecular formula is C15H14ClFN4S. The molecule has 114 valence electrons. The Morgan fingerprint density at radius 3 is 2.77 bits per heavy atom. The van der Waals surface area contributed by atoms with Crippen LogP contribution in [0.2, 0.25) is 5.15 Å². The second kappa shape index (κ2) is 6.51. The van der Waals surface area contributed by atoms with E-state index in [-0.39, 0.29) is 17.0 Å². The lowest BCUT2D eigenvalue weighted by molar-refractivity contribution is 0.524. The van der Waals surface area contributed by atoms with E-state index in [1.807, 2.05) is 6.07 Å². The lowest BCUT2D eigenvalue weighted by atomic mass is 10.0. The van der Waals surface area contributed by atoms with Gasteiger partial charge in [-0.05, 0) is 36.5 Å². The standard InChI is InChI=1S/C15H14ClFN4S/c16-14-11(9-18)15(22-20-14)21-7-5-10(6-8-21)19-13-4-2-1-3-12(13)17/h1-4,10,19H,5-8H2. The van der Waals surface area contributed by atoms with Gasteiger partial charge in [-0.15, -0.1) is 0 Å². The van der Waals surface area contributed by atoms with Crippen molar-refractivity contribution in [2.24, 2.45) is 0 Å². The molecule has 1 aromatic carbocycles. The number of nitrogens with zero attached hydrogens (tertiary/aromatic N) is 3. The summed E-state index contributed by atoms with van der Waals surface area (Å²) in [6.45, 7) is 1.58. The fraction of sp³-hybridized carbons (Fsp3) is 0.333. The quantitative estimate of drug-likeness (QED) is 0.924. The maximum Gasteiger partial charge on any atom is 0.162 e. The highest BCUT2D eigenvalue weighted by Crippen LogP contribution is 2.33. The zero-order valence-corrected chi connectivity index (χ0v) is 13.3. The molecule has 0 amide bonds. The third-order valence-electron chi connectivity index (χ3n) is 3.76. The molecule has 2 heterocycles. The summed E-state index contributed by atoms with van der Waals surface area (Å²) in [5, 5.41) is 13.5. The minimum absolute atomic E-state index is 0.224. The molecule has 1 N–H and O–H groups in total. The number of aromatic nitrogens is 1. The topological polar surface area (TPSA) is 52.0 Å². The van der Waals surface area contributed by atoms with Crippen LogP contribution >= 0.6 is 23.1 Å². The molecule has 0 radical (unpaired) electrons. The van der Waals surface area contributed by atoms with Crippen LogP contribution in [0.1, 0.15) is 18.4 Å². The van der Waals surface area contributed by atoms with Crippen molar-refractivity contribution in [1.29, 1.82) is 5.26 Å². The van der Waals surface area contributed by atoms with Crippen LogP contribution in [0, 0.1) is 17.1 Å². The van der Waals surface area contributed by atoms with Crippen molar-refractivity contribution in [2.75, 3.05) is 23.3 Å². The summed E-state index contributed by atoms with van der Waals surface area (Å²) >= 11 is 7.17. The van der Waals surface area contributed by atoms with Gasteiger partial charge in [0.25, 0.3) is 0 Å². The van der Waals surface area contributed by atoms with Gasteiger partial charge < -0.3 is 10.2 Å². The fourth-order valence-electron chi connectivity index (χ4n) is 2.60. The van der Waals surface area contributed by atoms with Gasteiger partial charge in [-0.2, -0.15) is 9.64 Å². The number of anilines is 2. The van der Waals surface area contributed by atoms with Gasteiger partial charge in [0, 0.05) is 19.1 Å². The molecule has 0 bridgehead atoms. The van der Waals surface area contributed by atoms with Crippen LogP contribution in [0.5, 0.6) is 0 Å². The molecular weight excluding hydrogens is 323 g/mol. The van der Waals surface area contributed by atoms with Crippen LogP contribution in [-0.4, -0.2) is 23.5 Å². The van der Waals surface area contributed by atoms with E-state index in [4.69, 9.17) is 16.9 Å². The van der Waals surface area contributed by atoms with Crippen molar-refractivity contribution < 1.29 is 4.39 Å². The van der Waals surface area contributed by atoms with E-state index in [0.29, 0.717) is 11.3 Å². The second-order valence-electron chi connectivity index (χ2n) is 5.15. The third-order valence-corrected chi connectivity index (χ3v) is 5.04. The zero-order chi connectivity index (χ0) is 15.5. The Bertz CT molecular complexity index is 704. The van der Waals surface area contributed by atoms with Gasteiger partial charge in [0.15, 0.2) is 5.15 Å². The molecule has 0 spiro atoms. The van der Waals surface area contributed by atoms with Crippen molar-refractivity contribution in [1.82, 2.24) is 4.37 Å². The van der Waals surface area contributed by atoms with E-state index in [0.717, 1.165) is 30.9 Å². The predicted octanol–water partition coefficient (Wildman–Crippen LogP) is 3.89. The Balaban J connectivity index is 1.63. The zero-order valence-electron chi connectivity index (χ0n) is 11.7. The molecule has 1 fully saturated rings. The molecule has 0 aliphatic carbocycles. The molecule has 4 nitrogen and oxygen atoms in total. The van der Waals surface area contributed by atoms with E-state index in [1.54, 1.807) is 12.1 Å².